The molecule has 110 valence electrons. The summed E-state index contributed by atoms with van der Waals surface area (Å²) in [6, 6.07) is 0.454. The predicted octanol–water partition coefficient (Wildman–Crippen LogP) is 3.67. The molecule has 1 fully saturated rings. The monoisotopic (exact) mass is 284 g/mol. The molecule has 0 bridgehead atoms. The molecule has 0 radical (unpaired) electrons. The lowest BCUT2D eigenvalue weighted by Gasteiger charge is -2.18. The van der Waals surface area contributed by atoms with Crippen LogP contribution in [-0.4, -0.2) is 17.1 Å². The standard InChI is InChI=1S/C15H28N2OS/c1-2-3-4-9-12-14(18)17-15(19)16-13-10-7-5-6-8-11-13/h13H,2-12H2,1H3,(H2,16,17,18,19). The molecule has 0 aromatic rings. The minimum atomic E-state index is 0.0576. The molecule has 0 aromatic carbocycles. The van der Waals surface area contributed by atoms with Crippen LogP contribution < -0.4 is 10.6 Å². The van der Waals surface area contributed by atoms with Crippen molar-refractivity contribution >= 4 is 23.2 Å². The molecule has 0 aliphatic heterocycles. The summed E-state index contributed by atoms with van der Waals surface area (Å²) >= 11 is 5.21. The summed E-state index contributed by atoms with van der Waals surface area (Å²) in [5.41, 5.74) is 0. The Kier molecular flexibility index (Phi) is 8.80. The summed E-state index contributed by atoms with van der Waals surface area (Å²) in [6.45, 7) is 2.17. The van der Waals surface area contributed by atoms with Gasteiger partial charge in [0.25, 0.3) is 0 Å². The Hall–Kier alpha value is -0.640. The van der Waals surface area contributed by atoms with Crippen molar-refractivity contribution in [3.05, 3.63) is 0 Å². The smallest absolute Gasteiger partial charge is 0.226 e. The van der Waals surface area contributed by atoms with Gasteiger partial charge in [0.05, 0.1) is 0 Å². The fourth-order valence-corrected chi connectivity index (χ4v) is 2.83. The van der Waals surface area contributed by atoms with Crippen LogP contribution in [0.2, 0.25) is 0 Å². The zero-order chi connectivity index (χ0) is 13.9. The van der Waals surface area contributed by atoms with Crippen LogP contribution >= 0.6 is 12.2 Å². The largest absolute Gasteiger partial charge is 0.360 e. The fourth-order valence-electron chi connectivity index (χ4n) is 2.55. The molecule has 4 heteroatoms. The third-order valence-corrected chi connectivity index (χ3v) is 3.92. The van der Waals surface area contributed by atoms with E-state index in [0.717, 1.165) is 12.8 Å². The van der Waals surface area contributed by atoms with Crippen molar-refractivity contribution in [2.75, 3.05) is 0 Å². The number of unbranched alkanes of at least 4 members (excludes halogenated alkanes) is 3. The minimum absolute atomic E-state index is 0.0576. The average Bonchev–Trinajstić information content (AvgIpc) is 2.63. The molecule has 0 atom stereocenters. The molecule has 1 amide bonds. The zero-order valence-corrected chi connectivity index (χ0v) is 13.0. The number of amides is 1. The van der Waals surface area contributed by atoms with Gasteiger partial charge in [-0.2, -0.15) is 0 Å². The molecule has 0 saturated heterocycles. The second-order valence-corrected chi connectivity index (χ2v) is 5.93. The Morgan fingerprint density at radius 3 is 2.42 bits per heavy atom. The van der Waals surface area contributed by atoms with E-state index in [-0.39, 0.29) is 5.91 Å². The quantitative estimate of drug-likeness (QED) is 0.444. The first-order valence-corrected chi connectivity index (χ1v) is 8.23. The molecule has 0 unspecified atom stereocenters. The Labute approximate surface area is 122 Å². The summed E-state index contributed by atoms with van der Waals surface area (Å²) in [7, 11) is 0. The predicted molar refractivity (Wildman–Crippen MR) is 84.1 cm³/mol. The van der Waals surface area contributed by atoms with Gasteiger partial charge in [-0.15, -0.1) is 0 Å². The van der Waals surface area contributed by atoms with Gasteiger partial charge in [-0.05, 0) is 31.5 Å². The Balaban J connectivity index is 2.13. The van der Waals surface area contributed by atoms with E-state index in [1.54, 1.807) is 0 Å². The van der Waals surface area contributed by atoms with Crippen LogP contribution in [-0.2, 0) is 4.79 Å². The SMILES string of the molecule is CCCCCCC(=O)NC(=S)NC1CCCCCC1. The number of carbonyl (C=O) groups is 1. The third kappa shape index (κ3) is 8.19. The van der Waals surface area contributed by atoms with E-state index in [4.69, 9.17) is 12.2 Å². The van der Waals surface area contributed by atoms with E-state index in [2.05, 4.69) is 17.6 Å². The summed E-state index contributed by atoms with van der Waals surface area (Å²) < 4.78 is 0. The topological polar surface area (TPSA) is 41.1 Å². The van der Waals surface area contributed by atoms with Crippen molar-refractivity contribution < 1.29 is 4.79 Å². The molecule has 19 heavy (non-hydrogen) atoms. The van der Waals surface area contributed by atoms with Gasteiger partial charge in [0.1, 0.15) is 0 Å². The molecule has 1 aliphatic carbocycles. The number of hydrogen-bond acceptors (Lipinski definition) is 2. The lowest BCUT2D eigenvalue weighted by molar-refractivity contribution is -0.119. The van der Waals surface area contributed by atoms with E-state index < -0.39 is 0 Å². The summed E-state index contributed by atoms with van der Waals surface area (Å²) in [6.07, 6.45) is 12.6. The first-order chi connectivity index (χ1) is 9.22. The molecular formula is C15H28N2OS. The summed E-state index contributed by atoms with van der Waals surface area (Å²) in [5.74, 6) is 0.0576. The van der Waals surface area contributed by atoms with E-state index in [0.29, 0.717) is 17.6 Å². The fraction of sp³-hybridized carbons (Fsp3) is 0.867. The molecule has 3 nitrogen and oxygen atoms in total. The third-order valence-electron chi connectivity index (χ3n) is 3.70. The molecule has 1 rings (SSSR count). The van der Waals surface area contributed by atoms with Crippen molar-refractivity contribution in [3.8, 4) is 0 Å². The van der Waals surface area contributed by atoms with Crippen LogP contribution in [0.4, 0.5) is 0 Å². The average molecular weight is 284 g/mol. The molecular weight excluding hydrogens is 256 g/mol. The van der Waals surface area contributed by atoms with Crippen molar-refractivity contribution in [1.29, 1.82) is 0 Å². The highest BCUT2D eigenvalue weighted by atomic mass is 32.1. The van der Waals surface area contributed by atoms with Crippen LogP contribution in [0.15, 0.2) is 0 Å². The van der Waals surface area contributed by atoms with Crippen molar-refractivity contribution in [2.45, 2.75) is 83.6 Å². The van der Waals surface area contributed by atoms with Gasteiger partial charge in [0, 0.05) is 12.5 Å². The Morgan fingerprint density at radius 1 is 1.11 bits per heavy atom. The number of hydrogen-bond donors (Lipinski definition) is 2. The maximum absolute atomic E-state index is 11.7. The van der Waals surface area contributed by atoms with Gasteiger partial charge in [0.2, 0.25) is 5.91 Å². The van der Waals surface area contributed by atoms with Crippen LogP contribution in [0.1, 0.15) is 77.6 Å². The maximum atomic E-state index is 11.7. The normalized spacial score (nSPS) is 16.7. The number of rotatable bonds is 6. The van der Waals surface area contributed by atoms with Crippen molar-refractivity contribution in [3.63, 3.8) is 0 Å². The van der Waals surface area contributed by atoms with Crippen molar-refractivity contribution in [1.82, 2.24) is 10.6 Å². The van der Waals surface area contributed by atoms with Gasteiger partial charge in [-0.1, -0.05) is 51.9 Å². The van der Waals surface area contributed by atoms with E-state index >= 15 is 0 Å². The first kappa shape index (κ1) is 16.4. The number of carbonyl (C=O) groups excluding carboxylic acids is 1. The number of nitrogens with one attached hydrogen (secondary N) is 2. The minimum Gasteiger partial charge on any atom is -0.360 e. The highest BCUT2D eigenvalue weighted by molar-refractivity contribution is 7.80. The molecule has 1 saturated carbocycles. The first-order valence-electron chi connectivity index (χ1n) is 7.82. The molecule has 0 aromatic heterocycles. The molecule has 0 spiro atoms. The number of thiocarbonyl (C=S) groups is 1. The van der Waals surface area contributed by atoms with Gasteiger partial charge in [-0.3, -0.25) is 4.79 Å². The van der Waals surface area contributed by atoms with Crippen LogP contribution in [0.25, 0.3) is 0 Å². The zero-order valence-electron chi connectivity index (χ0n) is 12.2. The molecule has 0 heterocycles. The van der Waals surface area contributed by atoms with Crippen molar-refractivity contribution in [2.24, 2.45) is 0 Å². The summed E-state index contributed by atoms with van der Waals surface area (Å²) in [5, 5.41) is 6.62. The van der Waals surface area contributed by atoms with E-state index in [1.807, 2.05) is 0 Å². The van der Waals surface area contributed by atoms with Gasteiger partial charge >= 0.3 is 0 Å². The van der Waals surface area contributed by atoms with Gasteiger partial charge < -0.3 is 10.6 Å². The second kappa shape index (κ2) is 10.2. The van der Waals surface area contributed by atoms with Crippen LogP contribution in [0.5, 0.6) is 0 Å². The Morgan fingerprint density at radius 2 is 1.79 bits per heavy atom. The second-order valence-electron chi connectivity index (χ2n) is 5.52. The van der Waals surface area contributed by atoms with Crippen LogP contribution in [0.3, 0.4) is 0 Å². The van der Waals surface area contributed by atoms with E-state index in [1.165, 1.54) is 51.4 Å². The molecule has 1 aliphatic rings. The maximum Gasteiger partial charge on any atom is 0.226 e. The van der Waals surface area contributed by atoms with Gasteiger partial charge in [-0.25, -0.2) is 0 Å². The lowest BCUT2D eigenvalue weighted by Crippen LogP contribution is -2.44. The highest BCUT2D eigenvalue weighted by Crippen LogP contribution is 2.17. The highest BCUT2D eigenvalue weighted by Gasteiger charge is 2.13. The lowest BCUT2D eigenvalue weighted by atomic mass is 10.1. The van der Waals surface area contributed by atoms with Crippen LogP contribution in [0, 0.1) is 0 Å². The van der Waals surface area contributed by atoms with Gasteiger partial charge in [0.15, 0.2) is 5.11 Å². The molecule has 2 N–H and O–H groups in total. The summed E-state index contributed by atoms with van der Waals surface area (Å²) in [4.78, 5) is 11.7. The Bertz CT molecular complexity index is 273. The van der Waals surface area contributed by atoms with E-state index in [9.17, 15) is 4.79 Å².